The van der Waals surface area contributed by atoms with Crippen LogP contribution in [-0.4, -0.2) is 18.5 Å². The molecule has 0 N–H and O–H groups in total. The number of ether oxygens (including phenoxy) is 2. The molecule has 0 aliphatic rings. The maximum Gasteiger partial charge on any atom is 0.338 e. The highest BCUT2D eigenvalue weighted by molar-refractivity contribution is 5.89. The van der Waals surface area contributed by atoms with Gasteiger partial charge in [0.1, 0.15) is 5.75 Å². The van der Waals surface area contributed by atoms with Gasteiger partial charge in [-0.3, -0.25) is 4.79 Å². The Kier molecular flexibility index (Phi) is 9.03. The predicted molar refractivity (Wildman–Crippen MR) is 90.6 cm³/mol. The van der Waals surface area contributed by atoms with Gasteiger partial charge in [0.25, 0.3) is 0 Å². The van der Waals surface area contributed by atoms with E-state index in [1.165, 1.54) is 0 Å². The van der Waals surface area contributed by atoms with Crippen LogP contribution in [-0.2, 0) is 9.53 Å². The summed E-state index contributed by atoms with van der Waals surface area (Å²) >= 11 is 0. The molecule has 0 saturated carbocycles. The van der Waals surface area contributed by atoms with Gasteiger partial charge in [0, 0.05) is 0 Å². The van der Waals surface area contributed by atoms with Crippen LogP contribution >= 0.6 is 0 Å². The summed E-state index contributed by atoms with van der Waals surface area (Å²) < 4.78 is 10.5. The van der Waals surface area contributed by atoms with E-state index in [4.69, 9.17) is 9.47 Å². The molecule has 1 aromatic carbocycles. The summed E-state index contributed by atoms with van der Waals surface area (Å²) in [4.78, 5) is 23.9. The Morgan fingerprint density at radius 1 is 1.00 bits per heavy atom. The van der Waals surface area contributed by atoms with Crippen molar-refractivity contribution >= 4 is 11.9 Å². The second-order valence-electron chi connectivity index (χ2n) is 5.68. The van der Waals surface area contributed by atoms with Crippen molar-refractivity contribution in [1.82, 2.24) is 0 Å². The van der Waals surface area contributed by atoms with Crippen LogP contribution in [0.3, 0.4) is 0 Å². The standard InChI is InChI=1S/C19H28O4/c1-4-7-9-15(6-3)19(21)23-17-12-10-16(11-13-17)18(20)22-14-8-5-2/h10-13,15H,4-9,14H2,1-3H3. The van der Waals surface area contributed by atoms with Crippen molar-refractivity contribution in [1.29, 1.82) is 0 Å². The molecular formula is C19H28O4. The highest BCUT2D eigenvalue weighted by Crippen LogP contribution is 2.19. The summed E-state index contributed by atoms with van der Waals surface area (Å²) in [6.45, 7) is 6.58. The van der Waals surface area contributed by atoms with E-state index in [1.54, 1.807) is 24.3 Å². The van der Waals surface area contributed by atoms with Gasteiger partial charge in [0.15, 0.2) is 0 Å². The largest absolute Gasteiger partial charge is 0.462 e. The average molecular weight is 320 g/mol. The Hall–Kier alpha value is -1.84. The molecule has 0 aliphatic carbocycles. The van der Waals surface area contributed by atoms with E-state index < -0.39 is 0 Å². The molecule has 0 saturated heterocycles. The first-order valence-electron chi connectivity index (χ1n) is 8.61. The minimum atomic E-state index is -0.342. The summed E-state index contributed by atoms with van der Waals surface area (Å²) in [5, 5.41) is 0. The van der Waals surface area contributed by atoms with Gasteiger partial charge < -0.3 is 9.47 Å². The van der Waals surface area contributed by atoms with Crippen molar-refractivity contribution < 1.29 is 19.1 Å². The Balaban J connectivity index is 2.55. The molecule has 0 spiro atoms. The fourth-order valence-corrected chi connectivity index (χ4v) is 2.19. The molecule has 1 aromatic rings. The van der Waals surface area contributed by atoms with Crippen LogP contribution in [0.25, 0.3) is 0 Å². The highest BCUT2D eigenvalue weighted by Gasteiger charge is 2.18. The second-order valence-corrected chi connectivity index (χ2v) is 5.68. The molecule has 0 aliphatic heterocycles. The molecule has 128 valence electrons. The van der Waals surface area contributed by atoms with E-state index in [9.17, 15) is 9.59 Å². The number of hydrogen-bond donors (Lipinski definition) is 0. The van der Waals surface area contributed by atoms with Crippen molar-refractivity contribution in [2.45, 2.75) is 59.3 Å². The molecule has 0 radical (unpaired) electrons. The molecule has 23 heavy (non-hydrogen) atoms. The van der Waals surface area contributed by atoms with E-state index in [2.05, 4.69) is 6.92 Å². The molecule has 4 heteroatoms. The zero-order valence-electron chi connectivity index (χ0n) is 14.5. The van der Waals surface area contributed by atoms with Gasteiger partial charge in [-0.05, 0) is 43.5 Å². The number of benzene rings is 1. The Morgan fingerprint density at radius 2 is 1.65 bits per heavy atom. The van der Waals surface area contributed by atoms with Crippen LogP contribution < -0.4 is 4.74 Å². The van der Waals surface area contributed by atoms with Gasteiger partial charge in [0.2, 0.25) is 0 Å². The van der Waals surface area contributed by atoms with Crippen LogP contribution in [0.1, 0.15) is 69.7 Å². The number of carbonyl (C=O) groups is 2. The first-order chi connectivity index (χ1) is 11.1. The van der Waals surface area contributed by atoms with E-state index in [-0.39, 0.29) is 17.9 Å². The number of carbonyl (C=O) groups excluding carboxylic acids is 2. The summed E-state index contributed by atoms with van der Waals surface area (Å²) in [5.41, 5.74) is 0.471. The zero-order chi connectivity index (χ0) is 17.1. The summed E-state index contributed by atoms with van der Waals surface area (Å²) in [6, 6.07) is 6.54. The molecular weight excluding hydrogens is 292 g/mol. The third-order valence-electron chi connectivity index (χ3n) is 3.77. The van der Waals surface area contributed by atoms with Gasteiger partial charge in [-0.1, -0.05) is 40.0 Å². The molecule has 0 aromatic heterocycles. The monoisotopic (exact) mass is 320 g/mol. The molecule has 0 heterocycles. The third-order valence-corrected chi connectivity index (χ3v) is 3.77. The maximum atomic E-state index is 12.1. The minimum absolute atomic E-state index is 0.0614. The second kappa shape index (κ2) is 10.8. The Labute approximate surface area is 139 Å². The van der Waals surface area contributed by atoms with E-state index >= 15 is 0 Å². The van der Waals surface area contributed by atoms with Crippen molar-refractivity contribution in [2.75, 3.05) is 6.61 Å². The highest BCUT2D eigenvalue weighted by atomic mass is 16.5. The summed E-state index contributed by atoms with van der Waals surface area (Å²) in [7, 11) is 0. The summed E-state index contributed by atoms with van der Waals surface area (Å²) in [6.07, 6.45) is 5.57. The van der Waals surface area contributed by atoms with Crippen molar-refractivity contribution in [2.24, 2.45) is 5.92 Å². The minimum Gasteiger partial charge on any atom is -0.462 e. The fourth-order valence-electron chi connectivity index (χ4n) is 2.19. The topological polar surface area (TPSA) is 52.6 Å². The third kappa shape index (κ3) is 6.85. The first-order valence-corrected chi connectivity index (χ1v) is 8.61. The molecule has 4 nitrogen and oxygen atoms in total. The lowest BCUT2D eigenvalue weighted by atomic mass is 10.00. The lowest BCUT2D eigenvalue weighted by molar-refractivity contribution is -0.139. The quantitative estimate of drug-likeness (QED) is 0.354. The van der Waals surface area contributed by atoms with Gasteiger partial charge in [-0.25, -0.2) is 4.79 Å². The number of hydrogen-bond acceptors (Lipinski definition) is 4. The maximum absolute atomic E-state index is 12.1. The zero-order valence-corrected chi connectivity index (χ0v) is 14.5. The van der Waals surface area contributed by atoms with Gasteiger partial charge >= 0.3 is 11.9 Å². The van der Waals surface area contributed by atoms with Crippen molar-refractivity contribution in [3.8, 4) is 5.75 Å². The van der Waals surface area contributed by atoms with E-state index in [0.29, 0.717) is 17.9 Å². The molecule has 1 atom stereocenters. The van der Waals surface area contributed by atoms with Crippen LogP contribution in [0, 0.1) is 5.92 Å². The predicted octanol–water partition coefficient (Wildman–Crippen LogP) is 4.77. The van der Waals surface area contributed by atoms with Gasteiger partial charge in [-0.2, -0.15) is 0 Å². The van der Waals surface area contributed by atoms with Gasteiger partial charge in [-0.15, -0.1) is 0 Å². The van der Waals surface area contributed by atoms with Crippen LogP contribution in [0.15, 0.2) is 24.3 Å². The normalized spacial score (nSPS) is 11.8. The average Bonchev–Trinajstić information content (AvgIpc) is 2.56. The lowest BCUT2D eigenvalue weighted by Crippen LogP contribution is -2.20. The van der Waals surface area contributed by atoms with Crippen LogP contribution in [0.5, 0.6) is 5.75 Å². The molecule has 1 unspecified atom stereocenters. The number of rotatable bonds is 10. The molecule has 0 fully saturated rings. The van der Waals surface area contributed by atoms with Crippen molar-refractivity contribution in [3.63, 3.8) is 0 Å². The SMILES string of the molecule is CCCCOC(=O)c1ccc(OC(=O)C(CC)CCCC)cc1. The first kappa shape index (κ1) is 19.2. The lowest BCUT2D eigenvalue weighted by Gasteiger charge is -2.13. The van der Waals surface area contributed by atoms with Crippen LogP contribution in [0.2, 0.25) is 0 Å². The number of unbranched alkanes of at least 4 members (excludes halogenated alkanes) is 2. The van der Waals surface area contributed by atoms with Gasteiger partial charge in [0.05, 0.1) is 18.1 Å². The van der Waals surface area contributed by atoms with E-state index in [1.807, 2.05) is 13.8 Å². The molecule has 0 bridgehead atoms. The fraction of sp³-hybridized carbons (Fsp3) is 0.579. The Morgan fingerprint density at radius 3 is 2.22 bits per heavy atom. The van der Waals surface area contributed by atoms with Crippen LogP contribution in [0.4, 0.5) is 0 Å². The summed E-state index contributed by atoms with van der Waals surface area (Å²) in [5.74, 6) is -0.131. The molecule has 1 rings (SSSR count). The van der Waals surface area contributed by atoms with Crippen molar-refractivity contribution in [3.05, 3.63) is 29.8 Å². The van der Waals surface area contributed by atoms with E-state index in [0.717, 1.165) is 38.5 Å². The Bertz CT molecular complexity index is 479. The smallest absolute Gasteiger partial charge is 0.338 e. The number of esters is 2. The molecule has 0 amide bonds.